The van der Waals surface area contributed by atoms with Crippen LogP contribution in [-0.4, -0.2) is 31.6 Å². The van der Waals surface area contributed by atoms with Crippen molar-refractivity contribution < 1.29 is 27.5 Å². The number of amides is 2. The van der Waals surface area contributed by atoms with Crippen LogP contribution in [0.3, 0.4) is 0 Å². The van der Waals surface area contributed by atoms with Crippen molar-refractivity contribution in [2.24, 2.45) is 0 Å². The maximum atomic E-state index is 12.9. The summed E-state index contributed by atoms with van der Waals surface area (Å²) >= 11 is 0. The van der Waals surface area contributed by atoms with Gasteiger partial charge < -0.3 is 15.4 Å². The molecule has 1 atom stereocenters. The van der Waals surface area contributed by atoms with Gasteiger partial charge in [-0.05, 0) is 13.3 Å². The van der Waals surface area contributed by atoms with Crippen molar-refractivity contribution in [3.8, 4) is 0 Å². The Balaban J connectivity index is 2.55. The second kappa shape index (κ2) is 7.63. The minimum absolute atomic E-state index is 0.0892. The third kappa shape index (κ3) is 5.07. The second-order valence-electron chi connectivity index (χ2n) is 4.30. The molecule has 0 saturated heterocycles. The van der Waals surface area contributed by atoms with Gasteiger partial charge >= 0.3 is 11.8 Å². The van der Waals surface area contributed by atoms with Gasteiger partial charge in [-0.1, -0.05) is 0 Å². The molecule has 0 spiro atoms. The lowest BCUT2D eigenvalue weighted by Crippen LogP contribution is -2.36. The molecule has 2 N–H and O–H groups in total. The largest absolute Gasteiger partial charge is 0.382 e. The molecule has 0 aliphatic rings. The molecule has 0 radical (unpaired) electrons. The van der Waals surface area contributed by atoms with E-state index < -0.39 is 29.3 Å². The molecule has 116 valence electrons. The average Bonchev–Trinajstić information content (AvgIpc) is 2.44. The lowest BCUT2D eigenvalue weighted by Gasteiger charge is -2.10. The number of carbonyl (C=O) groups excluding carboxylic acids is 2. The van der Waals surface area contributed by atoms with Gasteiger partial charge in [0, 0.05) is 31.5 Å². The zero-order valence-corrected chi connectivity index (χ0v) is 11.5. The maximum absolute atomic E-state index is 12.9. The first-order valence-electron chi connectivity index (χ1n) is 6.11. The highest BCUT2D eigenvalue weighted by molar-refractivity contribution is 6.39. The normalized spacial score (nSPS) is 11.9. The van der Waals surface area contributed by atoms with E-state index in [0.29, 0.717) is 18.6 Å². The lowest BCUT2D eigenvalue weighted by atomic mass is 10.2. The number of ether oxygens (including phenoxy) is 1. The topological polar surface area (TPSA) is 67.4 Å². The van der Waals surface area contributed by atoms with Crippen LogP contribution >= 0.6 is 0 Å². The monoisotopic (exact) mass is 304 g/mol. The molecule has 0 heterocycles. The molecule has 21 heavy (non-hydrogen) atoms. The summed E-state index contributed by atoms with van der Waals surface area (Å²) in [5.41, 5.74) is -0.350. The fourth-order valence-electron chi connectivity index (χ4n) is 1.40. The first-order valence-corrected chi connectivity index (χ1v) is 6.11. The minimum Gasteiger partial charge on any atom is -0.382 e. The number of rotatable bonds is 5. The van der Waals surface area contributed by atoms with E-state index in [4.69, 9.17) is 4.74 Å². The third-order valence-corrected chi connectivity index (χ3v) is 2.69. The fraction of sp³-hybridized carbons (Fsp3) is 0.385. The van der Waals surface area contributed by atoms with Crippen LogP contribution in [0.25, 0.3) is 0 Å². The number of carbonyl (C=O) groups is 2. The van der Waals surface area contributed by atoms with Crippen LogP contribution in [-0.2, 0) is 14.3 Å². The molecular formula is C13H15F3N2O3. The Hall–Kier alpha value is -2.09. The third-order valence-electron chi connectivity index (χ3n) is 2.69. The molecular weight excluding hydrogens is 289 g/mol. The molecule has 0 fully saturated rings. The van der Waals surface area contributed by atoms with E-state index in [1.807, 2.05) is 5.32 Å². The van der Waals surface area contributed by atoms with E-state index in [0.717, 1.165) is 0 Å². The zero-order valence-electron chi connectivity index (χ0n) is 11.5. The highest BCUT2D eigenvalue weighted by Gasteiger charge is 2.16. The van der Waals surface area contributed by atoms with Crippen molar-refractivity contribution >= 4 is 17.5 Å². The first-order chi connectivity index (χ1) is 9.85. The van der Waals surface area contributed by atoms with Gasteiger partial charge in [0.05, 0.1) is 6.10 Å². The Kier molecular flexibility index (Phi) is 6.16. The van der Waals surface area contributed by atoms with Crippen molar-refractivity contribution in [3.05, 3.63) is 29.6 Å². The quantitative estimate of drug-likeness (QED) is 0.641. The average molecular weight is 304 g/mol. The standard InChI is InChI=1S/C13H15F3N2O3/c1-7(21-2)3-4-17-12(19)13(20)18-8-5-9(14)11(16)10(15)6-8/h5-7H,3-4H2,1-2H3,(H,17,19)(H,18,20)/t7-/m0/s1. The van der Waals surface area contributed by atoms with Gasteiger partial charge in [-0.2, -0.15) is 0 Å². The fourth-order valence-corrected chi connectivity index (χ4v) is 1.40. The Morgan fingerprint density at radius 1 is 1.19 bits per heavy atom. The number of hydrogen-bond acceptors (Lipinski definition) is 3. The summed E-state index contributed by atoms with van der Waals surface area (Å²) in [5, 5.41) is 4.29. The summed E-state index contributed by atoms with van der Waals surface area (Å²) in [4.78, 5) is 22.9. The van der Waals surface area contributed by atoms with Gasteiger partial charge in [0.15, 0.2) is 17.5 Å². The number of benzene rings is 1. The summed E-state index contributed by atoms with van der Waals surface area (Å²) in [7, 11) is 1.51. The van der Waals surface area contributed by atoms with Crippen LogP contribution in [0.5, 0.6) is 0 Å². The molecule has 1 aromatic rings. The molecule has 0 aliphatic carbocycles. The molecule has 0 aromatic heterocycles. The Labute approximate surface area is 119 Å². The summed E-state index contributed by atoms with van der Waals surface area (Å²) in [5.74, 6) is -6.64. The number of anilines is 1. The Morgan fingerprint density at radius 2 is 1.76 bits per heavy atom. The summed E-state index contributed by atoms with van der Waals surface area (Å²) < 4.78 is 43.6. The zero-order chi connectivity index (χ0) is 16.0. The van der Waals surface area contributed by atoms with Crippen LogP contribution in [0, 0.1) is 17.5 Å². The second-order valence-corrected chi connectivity index (χ2v) is 4.30. The first kappa shape index (κ1) is 17.0. The number of halogens is 3. The Morgan fingerprint density at radius 3 is 2.29 bits per heavy atom. The van der Waals surface area contributed by atoms with Gasteiger partial charge in [0.1, 0.15) is 0 Å². The van der Waals surface area contributed by atoms with Gasteiger partial charge in [-0.15, -0.1) is 0 Å². The van der Waals surface area contributed by atoms with Crippen LogP contribution in [0.2, 0.25) is 0 Å². The van der Waals surface area contributed by atoms with Gasteiger partial charge in [-0.3, -0.25) is 9.59 Å². The number of methoxy groups -OCH3 is 1. The van der Waals surface area contributed by atoms with Gasteiger partial charge in [-0.25, -0.2) is 13.2 Å². The number of nitrogens with one attached hydrogen (secondary N) is 2. The smallest absolute Gasteiger partial charge is 0.313 e. The van der Waals surface area contributed by atoms with Crippen molar-refractivity contribution in [2.45, 2.75) is 19.4 Å². The molecule has 2 amide bonds. The van der Waals surface area contributed by atoms with Gasteiger partial charge in [0.25, 0.3) is 0 Å². The highest BCUT2D eigenvalue weighted by atomic mass is 19.2. The summed E-state index contributed by atoms with van der Waals surface area (Å²) in [6, 6.07) is 1.16. The molecule has 0 aliphatic heterocycles. The summed E-state index contributed by atoms with van der Waals surface area (Å²) in [6.07, 6.45) is 0.406. The maximum Gasteiger partial charge on any atom is 0.313 e. The van der Waals surface area contributed by atoms with E-state index in [1.54, 1.807) is 6.92 Å². The molecule has 8 heteroatoms. The van der Waals surface area contributed by atoms with Crippen molar-refractivity contribution in [1.82, 2.24) is 5.32 Å². The van der Waals surface area contributed by atoms with Crippen molar-refractivity contribution in [1.29, 1.82) is 0 Å². The van der Waals surface area contributed by atoms with E-state index >= 15 is 0 Å². The van der Waals surface area contributed by atoms with Crippen LogP contribution in [0.1, 0.15) is 13.3 Å². The van der Waals surface area contributed by atoms with Crippen LogP contribution in [0.15, 0.2) is 12.1 Å². The van der Waals surface area contributed by atoms with E-state index in [-0.39, 0.29) is 18.3 Å². The Bertz CT molecular complexity index is 514. The lowest BCUT2D eigenvalue weighted by molar-refractivity contribution is -0.136. The predicted molar refractivity (Wildman–Crippen MR) is 69.0 cm³/mol. The predicted octanol–water partition coefficient (Wildman–Crippen LogP) is 1.58. The van der Waals surface area contributed by atoms with E-state index in [9.17, 15) is 22.8 Å². The van der Waals surface area contributed by atoms with Crippen molar-refractivity contribution in [2.75, 3.05) is 19.0 Å². The molecule has 0 unspecified atom stereocenters. The minimum atomic E-state index is -1.65. The molecule has 0 bridgehead atoms. The van der Waals surface area contributed by atoms with E-state index in [1.165, 1.54) is 7.11 Å². The van der Waals surface area contributed by atoms with E-state index in [2.05, 4.69) is 5.32 Å². The van der Waals surface area contributed by atoms with Crippen LogP contribution in [0.4, 0.5) is 18.9 Å². The SMILES string of the molecule is CO[C@@H](C)CCNC(=O)C(=O)Nc1cc(F)c(F)c(F)c1. The molecule has 1 aromatic carbocycles. The van der Waals surface area contributed by atoms with Gasteiger partial charge in [0.2, 0.25) is 0 Å². The molecule has 0 saturated carbocycles. The molecule has 5 nitrogen and oxygen atoms in total. The van der Waals surface area contributed by atoms with Crippen molar-refractivity contribution in [3.63, 3.8) is 0 Å². The molecule has 1 rings (SSSR count). The highest BCUT2D eigenvalue weighted by Crippen LogP contribution is 2.17. The number of hydrogen-bond donors (Lipinski definition) is 2. The van der Waals surface area contributed by atoms with Crippen LogP contribution < -0.4 is 10.6 Å². The summed E-state index contributed by atoms with van der Waals surface area (Å²) in [6.45, 7) is 1.99.